The van der Waals surface area contributed by atoms with Gasteiger partial charge in [0.05, 0.1) is 7.11 Å². The van der Waals surface area contributed by atoms with Gasteiger partial charge >= 0.3 is 6.18 Å². The second-order valence-electron chi connectivity index (χ2n) is 4.55. The molecule has 0 fully saturated rings. The second-order valence-corrected chi connectivity index (χ2v) is 4.55. The van der Waals surface area contributed by atoms with E-state index in [-0.39, 0.29) is 12.0 Å². The van der Waals surface area contributed by atoms with E-state index in [0.29, 0.717) is 12.3 Å². The molecule has 0 saturated heterocycles. The fourth-order valence-corrected chi connectivity index (χ4v) is 1.91. The lowest BCUT2D eigenvalue weighted by atomic mass is 10.0. The molecule has 1 aromatic carbocycles. The Labute approximate surface area is 116 Å². The molecule has 0 heterocycles. The van der Waals surface area contributed by atoms with E-state index >= 15 is 0 Å². The molecule has 0 spiro atoms. The smallest absolute Gasteiger partial charge is 0.389 e. The van der Waals surface area contributed by atoms with E-state index in [2.05, 4.69) is 5.32 Å². The van der Waals surface area contributed by atoms with Gasteiger partial charge in [0.2, 0.25) is 0 Å². The molecule has 1 aromatic rings. The van der Waals surface area contributed by atoms with Crippen molar-refractivity contribution in [3.63, 3.8) is 0 Å². The van der Waals surface area contributed by atoms with Crippen molar-refractivity contribution in [3.05, 3.63) is 29.6 Å². The van der Waals surface area contributed by atoms with Gasteiger partial charge in [-0.2, -0.15) is 13.2 Å². The molecule has 1 N–H and O–H groups in total. The zero-order valence-corrected chi connectivity index (χ0v) is 11.6. The number of ether oxygens (including phenoxy) is 1. The maximum absolute atomic E-state index is 13.9. The van der Waals surface area contributed by atoms with E-state index in [1.807, 2.05) is 6.92 Å². The van der Waals surface area contributed by atoms with Crippen molar-refractivity contribution in [3.8, 4) is 5.75 Å². The van der Waals surface area contributed by atoms with Gasteiger partial charge in [0.1, 0.15) is 11.6 Å². The summed E-state index contributed by atoms with van der Waals surface area (Å²) in [7, 11) is 1.41. The Kier molecular flexibility index (Phi) is 6.26. The van der Waals surface area contributed by atoms with Crippen molar-refractivity contribution in [2.24, 2.45) is 0 Å². The number of benzene rings is 1. The van der Waals surface area contributed by atoms with E-state index in [4.69, 9.17) is 4.74 Å². The molecule has 0 aromatic heterocycles. The maximum Gasteiger partial charge on any atom is 0.389 e. The number of rotatable bonds is 7. The second kappa shape index (κ2) is 7.47. The molecule has 1 unspecified atom stereocenters. The third kappa shape index (κ3) is 5.36. The van der Waals surface area contributed by atoms with E-state index < -0.39 is 24.5 Å². The highest BCUT2D eigenvalue weighted by molar-refractivity contribution is 5.30. The lowest BCUT2D eigenvalue weighted by Crippen LogP contribution is -2.25. The van der Waals surface area contributed by atoms with Gasteiger partial charge in [-0.05, 0) is 25.5 Å². The van der Waals surface area contributed by atoms with Crippen LogP contribution in [-0.2, 0) is 0 Å². The molecule has 114 valence electrons. The van der Waals surface area contributed by atoms with Crippen LogP contribution in [0.25, 0.3) is 0 Å². The number of nitrogens with one attached hydrogen (secondary N) is 1. The monoisotopic (exact) mass is 293 g/mol. The summed E-state index contributed by atoms with van der Waals surface area (Å²) < 4.78 is 55.8. The van der Waals surface area contributed by atoms with Crippen molar-refractivity contribution in [2.45, 2.75) is 38.4 Å². The Morgan fingerprint density at radius 3 is 2.50 bits per heavy atom. The van der Waals surface area contributed by atoms with Crippen molar-refractivity contribution in [1.29, 1.82) is 0 Å². The Bertz CT molecular complexity index is 420. The third-order valence-corrected chi connectivity index (χ3v) is 2.94. The fourth-order valence-electron chi connectivity index (χ4n) is 1.91. The van der Waals surface area contributed by atoms with Crippen LogP contribution in [0.3, 0.4) is 0 Å². The van der Waals surface area contributed by atoms with Gasteiger partial charge < -0.3 is 10.1 Å². The minimum atomic E-state index is -4.24. The lowest BCUT2D eigenvalue weighted by Gasteiger charge is -2.20. The highest BCUT2D eigenvalue weighted by Gasteiger charge is 2.29. The van der Waals surface area contributed by atoms with Gasteiger partial charge in [0.15, 0.2) is 0 Å². The Morgan fingerprint density at radius 1 is 1.30 bits per heavy atom. The van der Waals surface area contributed by atoms with Crippen molar-refractivity contribution in [2.75, 3.05) is 13.7 Å². The number of halogens is 4. The van der Waals surface area contributed by atoms with Crippen molar-refractivity contribution < 1.29 is 22.3 Å². The van der Waals surface area contributed by atoms with Crippen molar-refractivity contribution >= 4 is 0 Å². The SMILES string of the molecule is CCCNC(CCC(F)(F)F)c1ccc(OC)cc1F. The molecule has 1 rings (SSSR count). The van der Waals surface area contributed by atoms with E-state index in [1.54, 1.807) is 6.07 Å². The van der Waals surface area contributed by atoms with Crippen LogP contribution in [0, 0.1) is 5.82 Å². The van der Waals surface area contributed by atoms with Crippen LogP contribution in [0.2, 0.25) is 0 Å². The topological polar surface area (TPSA) is 21.3 Å². The highest BCUT2D eigenvalue weighted by atomic mass is 19.4. The van der Waals surface area contributed by atoms with Crippen LogP contribution in [-0.4, -0.2) is 19.8 Å². The molecule has 6 heteroatoms. The fraction of sp³-hybridized carbons (Fsp3) is 0.571. The predicted octanol–water partition coefficient (Wildman–Crippen LogP) is 4.22. The van der Waals surface area contributed by atoms with Crippen LogP contribution in [0.4, 0.5) is 17.6 Å². The van der Waals surface area contributed by atoms with E-state index in [0.717, 1.165) is 6.42 Å². The molecule has 0 radical (unpaired) electrons. The highest BCUT2D eigenvalue weighted by Crippen LogP contribution is 2.30. The van der Waals surface area contributed by atoms with Crippen LogP contribution in [0.5, 0.6) is 5.75 Å². The number of methoxy groups -OCH3 is 1. The molecular formula is C14H19F4NO. The van der Waals surface area contributed by atoms with E-state index in [9.17, 15) is 17.6 Å². The Balaban J connectivity index is 2.86. The molecule has 0 bridgehead atoms. The summed E-state index contributed by atoms with van der Waals surface area (Å²) in [6.45, 7) is 2.44. The average molecular weight is 293 g/mol. The summed E-state index contributed by atoms with van der Waals surface area (Å²) in [5.74, 6) is -0.212. The summed E-state index contributed by atoms with van der Waals surface area (Å²) in [4.78, 5) is 0. The van der Waals surface area contributed by atoms with Crippen LogP contribution >= 0.6 is 0 Å². The molecule has 1 atom stereocenters. The molecule has 0 aliphatic carbocycles. The Morgan fingerprint density at radius 2 is 2.00 bits per heavy atom. The number of hydrogen-bond donors (Lipinski definition) is 1. The van der Waals surface area contributed by atoms with Gasteiger partial charge in [-0.3, -0.25) is 0 Å². The first-order chi connectivity index (χ1) is 9.37. The van der Waals surface area contributed by atoms with Gasteiger partial charge in [-0.15, -0.1) is 0 Å². The minimum Gasteiger partial charge on any atom is -0.497 e. The van der Waals surface area contributed by atoms with Crippen LogP contribution in [0.1, 0.15) is 37.8 Å². The number of hydrogen-bond acceptors (Lipinski definition) is 2. The maximum atomic E-state index is 13.9. The molecule has 20 heavy (non-hydrogen) atoms. The van der Waals surface area contributed by atoms with E-state index in [1.165, 1.54) is 19.2 Å². The summed E-state index contributed by atoms with van der Waals surface area (Å²) in [5, 5.41) is 2.96. The first-order valence-corrected chi connectivity index (χ1v) is 6.51. The largest absolute Gasteiger partial charge is 0.497 e. The van der Waals surface area contributed by atoms with Crippen LogP contribution < -0.4 is 10.1 Å². The quantitative estimate of drug-likeness (QED) is 0.760. The average Bonchev–Trinajstić information content (AvgIpc) is 2.38. The van der Waals surface area contributed by atoms with Gasteiger partial charge in [-0.25, -0.2) is 4.39 Å². The van der Waals surface area contributed by atoms with Gasteiger partial charge in [-0.1, -0.05) is 13.0 Å². The van der Waals surface area contributed by atoms with Gasteiger partial charge in [0, 0.05) is 24.1 Å². The van der Waals surface area contributed by atoms with Crippen molar-refractivity contribution in [1.82, 2.24) is 5.32 Å². The molecular weight excluding hydrogens is 274 g/mol. The van der Waals surface area contributed by atoms with Gasteiger partial charge in [0.25, 0.3) is 0 Å². The molecule has 0 aliphatic rings. The zero-order valence-electron chi connectivity index (χ0n) is 11.6. The lowest BCUT2D eigenvalue weighted by molar-refractivity contribution is -0.136. The summed E-state index contributed by atoms with van der Waals surface area (Å²) in [6, 6.07) is 3.55. The predicted molar refractivity (Wildman–Crippen MR) is 69.3 cm³/mol. The number of alkyl halides is 3. The standard InChI is InChI=1S/C14H19F4NO/c1-3-8-19-13(6-7-14(16,17)18)11-5-4-10(20-2)9-12(11)15/h4-5,9,13,19H,3,6-8H2,1-2H3. The Hall–Kier alpha value is -1.30. The zero-order chi connectivity index (χ0) is 15.2. The van der Waals surface area contributed by atoms with Crippen LogP contribution in [0.15, 0.2) is 18.2 Å². The molecule has 0 saturated carbocycles. The normalized spacial score (nSPS) is 13.3. The first-order valence-electron chi connectivity index (χ1n) is 6.51. The third-order valence-electron chi connectivity index (χ3n) is 2.94. The minimum absolute atomic E-state index is 0.188. The molecule has 2 nitrogen and oxygen atoms in total. The first kappa shape index (κ1) is 16.8. The molecule has 0 amide bonds. The summed E-state index contributed by atoms with van der Waals surface area (Å²) in [5.41, 5.74) is 0.239. The summed E-state index contributed by atoms with van der Waals surface area (Å²) in [6.07, 6.45) is -4.61. The summed E-state index contributed by atoms with van der Waals surface area (Å²) >= 11 is 0. The molecule has 0 aliphatic heterocycles.